The number of aromatic nitrogens is 4. The minimum Gasteiger partial charge on any atom is -0.480 e. The summed E-state index contributed by atoms with van der Waals surface area (Å²) in [7, 11) is 3.04. The summed E-state index contributed by atoms with van der Waals surface area (Å²) in [6.07, 6.45) is 4.25. The van der Waals surface area contributed by atoms with Gasteiger partial charge in [0.25, 0.3) is 5.92 Å². The van der Waals surface area contributed by atoms with E-state index >= 15 is 0 Å². The van der Waals surface area contributed by atoms with Gasteiger partial charge in [0.15, 0.2) is 0 Å². The van der Waals surface area contributed by atoms with Gasteiger partial charge in [-0.3, -0.25) is 19.7 Å². The first-order valence-corrected chi connectivity index (χ1v) is 16.4. The van der Waals surface area contributed by atoms with Gasteiger partial charge in [-0.15, -0.1) is 0 Å². The van der Waals surface area contributed by atoms with Crippen molar-refractivity contribution in [3.63, 3.8) is 0 Å². The topological polar surface area (TPSA) is 114 Å². The molecule has 1 amide bonds. The molecule has 6 rings (SSSR count). The number of nitrogens with zero attached hydrogens (tertiary/aromatic N) is 5. The van der Waals surface area contributed by atoms with Crippen molar-refractivity contribution in [3.05, 3.63) is 70.2 Å². The molecule has 0 bridgehead atoms. The largest absolute Gasteiger partial charge is 0.480 e. The fourth-order valence-corrected chi connectivity index (χ4v) is 6.58. The summed E-state index contributed by atoms with van der Waals surface area (Å²) < 4.78 is 38.4. The molecule has 2 aliphatic rings. The molecule has 10 nitrogen and oxygen atoms in total. The van der Waals surface area contributed by atoms with Gasteiger partial charge in [-0.2, -0.15) is 0 Å². The van der Waals surface area contributed by atoms with Gasteiger partial charge in [-0.25, -0.2) is 18.7 Å². The summed E-state index contributed by atoms with van der Waals surface area (Å²) in [4.78, 5) is 32.0. The molecule has 0 aliphatic carbocycles. The number of rotatable bonds is 11. The number of hydrogen-bond acceptors (Lipinski definition) is 9. The maximum atomic E-state index is 13.6. The lowest BCUT2D eigenvalue weighted by molar-refractivity contribution is -0.119. The van der Waals surface area contributed by atoms with E-state index in [-0.39, 0.29) is 37.9 Å². The predicted molar refractivity (Wildman–Crippen MR) is 179 cm³/mol. The Labute approximate surface area is 287 Å². The first-order valence-electron chi connectivity index (χ1n) is 15.6. The number of benzene rings is 2. The highest BCUT2D eigenvalue weighted by atomic mass is 35.5. The molecule has 2 aliphatic heterocycles. The third kappa shape index (κ3) is 7.52. The first-order chi connectivity index (χ1) is 23.2. The van der Waals surface area contributed by atoms with E-state index in [0.717, 1.165) is 6.42 Å². The van der Waals surface area contributed by atoms with Crippen LogP contribution in [0.3, 0.4) is 0 Å². The first kappa shape index (κ1) is 33.9. The quantitative estimate of drug-likeness (QED) is 0.189. The lowest BCUT2D eigenvalue weighted by Crippen LogP contribution is -2.39. The molecule has 48 heavy (non-hydrogen) atoms. The number of nitrogens with one attached hydrogen (secondary N) is 2. The number of piperidine rings is 1. The number of likely N-dealkylation sites (tertiary alicyclic amines) is 1. The Balaban J connectivity index is 1.23. The molecule has 4 aromatic rings. The second-order valence-electron chi connectivity index (χ2n) is 11.8. The Kier molecular flexibility index (Phi) is 10.4. The number of halogens is 4. The van der Waals surface area contributed by atoms with E-state index in [1.807, 2.05) is 41.3 Å². The smallest absolute Gasteiger partial charge is 0.250 e. The average molecular weight is 699 g/mol. The summed E-state index contributed by atoms with van der Waals surface area (Å²) in [6.45, 7) is 1.94. The van der Waals surface area contributed by atoms with Gasteiger partial charge in [0.1, 0.15) is 11.4 Å². The lowest BCUT2D eigenvalue weighted by atomic mass is 9.98. The van der Waals surface area contributed by atoms with Crippen molar-refractivity contribution in [1.29, 1.82) is 0 Å². The molecule has 0 radical (unpaired) electrons. The van der Waals surface area contributed by atoms with Gasteiger partial charge < -0.3 is 20.1 Å². The number of alkyl halides is 2. The van der Waals surface area contributed by atoms with E-state index < -0.39 is 5.92 Å². The minimum atomic E-state index is -2.62. The van der Waals surface area contributed by atoms with Crippen molar-refractivity contribution in [2.45, 2.75) is 50.7 Å². The molecule has 0 spiro atoms. The molecule has 252 valence electrons. The van der Waals surface area contributed by atoms with Gasteiger partial charge in [0.2, 0.25) is 17.7 Å². The molecule has 0 saturated carbocycles. The Hall–Kier alpha value is -3.97. The average Bonchev–Trinajstić information content (AvgIpc) is 3.51. The van der Waals surface area contributed by atoms with Gasteiger partial charge in [0.05, 0.1) is 48.0 Å². The monoisotopic (exact) mass is 697 g/mol. The number of carbonyl (C=O) groups is 1. The van der Waals surface area contributed by atoms with Crippen LogP contribution >= 0.6 is 23.2 Å². The molecule has 2 aromatic heterocycles. The van der Waals surface area contributed by atoms with Crippen molar-refractivity contribution in [2.24, 2.45) is 0 Å². The second-order valence-corrected chi connectivity index (χ2v) is 12.6. The number of carbonyl (C=O) groups excluding carboxylic acids is 1. The van der Waals surface area contributed by atoms with E-state index in [2.05, 4.69) is 25.6 Å². The highest BCUT2D eigenvalue weighted by Gasteiger charge is 2.34. The summed E-state index contributed by atoms with van der Waals surface area (Å²) in [5, 5.41) is 7.10. The molecule has 1 atom stereocenters. The summed E-state index contributed by atoms with van der Waals surface area (Å²) in [5.74, 6) is -1.88. The van der Waals surface area contributed by atoms with E-state index in [1.165, 1.54) is 14.2 Å². The zero-order chi connectivity index (χ0) is 33.8. The fraction of sp³-hybridized carbons (Fsp3) is 0.382. The van der Waals surface area contributed by atoms with Crippen molar-refractivity contribution < 1.29 is 23.0 Å². The predicted octanol–water partition coefficient (Wildman–Crippen LogP) is 6.19. The maximum absolute atomic E-state index is 13.6. The molecule has 2 aromatic carbocycles. The van der Waals surface area contributed by atoms with Crippen LogP contribution in [0.1, 0.15) is 37.1 Å². The van der Waals surface area contributed by atoms with Crippen LogP contribution in [0.5, 0.6) is 11.8 Å². The molecule has 2 fully saturated rings. The van der Waals surface area contributed by atoms with Crippen LogP contribution in [0.2, 0.25) is 10.0 Å². The number of amides is 1. The molecule has 14 heteroatoms. The molecule has 4 heterocycles. The Morgan fingerprint density at radius 3 is 1.98 bits per heavy atom. The molecule has 0 unspecified atom stereocenters. The van der Waals surface area contributed by atoms with Crippen LogP contribution < -0.4 is 20.1 Å². The highest BCUT2D eigenvalue weighted by molar-refractivity contribution is 6.39. The van der Waals surface area contributed by atoms with E-state index in [4.69, 9.17) is 37.7 Å². The van der Waals surface area contributed by atoms with Gasteiger partial charge in [0, 0.05) is 80.3 Å². The maximum Gasteiger partial charge on any atom is 0.250 e. The zero-order valence-corrected chi connectivity index (χ0v) is 28.0. The van der Waals surface area contributed by atoms with Crippen LogP contribution in [-0.2, 0) is 17.9 Å². The highest BCUT2D eigenvalue weighted by Crippen LogP contribution is 2.42. The van der Waals surface area contributed by atoms with Gasteiger partial charge >= 0.3 is 0 Å². The number of hydrogen-bond donors (Lipinski definition) is 2. The Morgan fingerprint density at radius 1 is 0.896 bits per heavy atom. The van der Waals surface area contributed by atoms with Crippen LogP contribution in [0.15, 0.2) is 48.8 Å². The molecule has 2 N–H and O–H groups in total. The van der Waals surface area contributed by atoms with Crippen LogP contribution in [-0.4, -0.2) is 76.6 Å². The van der Waals surface area contributed by atoms with Crippen molar-refractivity contribution in [1.82, 2.24) is 35.5 Å². The van der Waals surface area contributed by atoms with Crippen molar-refractivity contribution in [3.8, 4) is 45.4 Å². The number of ether oxygens (including phenoxy) is 2. The third-order valence-corrected chi connectivity index (χ3v) is 9.39. The fourth-order valence-electron chi connectivity index (χ4n) is 5.93. The number of methoxy groups -OCH3 is 2. The molecular weight excluding hydrogens is 663 g/mol. The van der Waals surface area contributed by atoms with E-state index in [0.29, 0.717) is 92.9 Å². The second kappa shape index (κ2) is 14.7. The van der Waals surface area contributed by atoms with Crippen molar-refractivity contribution in [2.75, 3.05) is 33.9 Å². The van der Waals surface area contributed by atoms with Gasteiger partial charge in [-0.1, -0.05) is 59.6 Å². The SMILES string of the molecule is COc1nc(-c2cccc(-c3cccc(-c4cnc(CN5CCC(F)(F)CC5)c(OC)n4)c3Cl)c2Cl)cnc1CNC[C@@H]1CCC(=O)N1. The van der Waals surface area contributed by atoms with E-state index in [1.54, 1.807) is 12.4 Å². The van der Waals surface area contributed by atoms with Crippen LogP contribution in [0.4, 0.5) is 8.78 Å². The Morgan fingerprint density at radius 2 is 1.44 bits per heavy atom. The lowest BCUT2D eigenvalue weighted by Gasteiger charge is -2.31. The normalized spacial score (nSPS) is 17.7. The van der Waals surface area contributed by atoms with Gasteiger partial charge in [-0.05, 0) is 6.42 Å². The summed E-state index contributed by atoms with van der Waals surface area (Å²) in [5.41, 5.74) is 4.86. The standard InChI is InChI=1S/C34H35Cl2F2N7O3/c1-47-32-27(16-39-15-20-9-10-29(46)42-20)40-17-25(43-32)23-7-3-5-21(30(23)35)22-6-4-8-24(31(22)36)26-18-41-28(33(44-26)48-2)19-45-13-11-34(37,38)12-14-45/h3-8,17-18,20,39H,9-16,19H2,1-2H3,(H,42,46)/t20-/m0/s1. The molecule has 2 saturated heterocycles. The molecular formula is C34H35Cl2F2N7O3. The summed E-state index contributed by atoms with van der Waals surface area (Å²) >= 11 is 14.0. The Bertz CT molecular complexity index is 1800. The van der Waals surface area contributed by atoms with Crippen LogP contribution in [0, 0.1) is 0 Å². The van der Waals surface area contributed by atoms with Crippen LogP contribution in [0.25, 0.3) is 33.6 Å². The van der Waals surface area contributed by atoms with Crippen molar-refractivity contribution >= 4 is 29.1 Å². The minimum absolute atomic E-state index is 0.0713. The zero-order valence-electron chi connectivity index (χ0n) is 26.5. The summed E-state index contributed by atoms with van der Waals surface area (Å²) in [6, 6.07) is 11.3. The third-order valence-electron chi connectivity index (χ3n) is 8.58. The van der Waals surface area contributed by atoms with E-state index in [9.17, 15) is 13.6 Å².